The van der Waals surface area contributed by atoms with E-state index in [0.717, 1.165) is 5.56 Å². The molecule has 2 atom stereocenters. The Morgan fingerprint density at radius 1 is 0.971 bits per heavy atom. The maximum Gasteiger partial charge on any atom is 0.410 e. The third-order valence-electron chi connectivity index (χ3n) is 4.92. The van der Waals surface area contributed by atoms with E-state index < -0.39 is 30.2 Å². The Balaban J connectivity index is 1.95. The summed E-state index contributed by atoms with van der Waals surface area (Å²) in [7, 11) is 0. The molecule has 0 spiro atoms. The van der Waals surface area contributed by atoms with Crippen molar-refractivity contribution in [1.29, 1.82) is 0 Å². The predicted molar refractivity (Wildman–Crippen MR) is 129 cm³/mol. The monoisotopic (exact) mass is 489 g/mol. The molecule has 2 aromatic carbocycles. The van der Waals surface area contributed by atoms with Crippen molar-refractivity contribution in [2.45, 2.75) is 52.7 Å². The number of nitrogens with one attached hydrogen (secondary N) is 1. The maximum atomic E-state index is 12.9. The summed E-state index contributed by atoms with van der Waals surface area (Å²) in [4.78, 5) is 36.9. The molecule has 0 aliphatic rings. The average Bonchev–Trinajstić information content (AvgIpc) is 2.80. The van der Waals surface area contributed by atoms with Crippen LogP contribution in [0.3, 0.4) is 0 Å². The van der Waals surface area contributed by atoms with Crippen molar-refractivity contribution in [3.05, 3.63) is 65.2 Å². The van der Waals surface area contributed by atoms with Crippen LogP contribution in [-0.2, 0) is 25.5 Å². The molecule has 0 bridgehead atoms. The number of ether oxygens (including phenoxy) is 3. The van der Waals surface area contributed by atoms with Crippen LogP contribution in [0.5, 0.6) is 5.75 Å². The molecule has 0 aromatic heterocycles. The third-order valence-corrected chi connectivity index (χ3v) is 5.17. The van der Waals surface area contributed by atoms with Crippen LogP contribution in [0.4, 0.5) is 4.79 Å². The molecule has 8 heteroatoms. The van der Waals surface area contributed by atoms with Crippen LogP contribution in [0.15, 0.2) is 54.6 Å². The molecular formula is C26H32ClNO6. The minimum absolute atomic E-state index is 0.180. The molecule has 7 nitrogen and oxygen atoms in total. The first-order valence-corrected chi connectivity index (χ1v) is 11.8. The Labute approximate surface area is 205 Å². The van der Waals surface area contributed by atoms with Crippen molar-refractivity contribution >= 4 is 29.6 Å². The van der Waals surface area contributed by atoms with Gasteiger partial charge in [0.1, 0.15) is 5.75 Å². The van der Waals surface area contributed by atoms with E-state index in [0.29, 0.717) is 30.0 Å². The normalized spacial score (nSPS) is 12.5. The molecule has 34 heavy (non-hydrogen) atoms. The third kappa shape index (κ3) is 9.83. The standard InChI is InChI=1S/C26H32ClNO6/c1-4-8-23(29)33-25(18(2)3)34-26(31)28-16-15-20(17-19-9-6-5-7-10-19)24(30)32-22-13-11-21(27)12-14-22/h5-7,9-14,18,20,25H,4,8,15-17H2,1-3H3,(H,28,31). The van der Waals surface area contributed by atoms with E-state index in [-0.39, 0.29) is 18.9 Å². The van der Waals surface area contributed by atoms with Crippen LogP contribution in [0, 0.1) is 11.8 Å². The molecule has 1 amide bonds. The lowest BCUT2D eigenvalue weighted by Gasteiger charge is -2.22. The van der Waals surface area contributed by atoms with Crippen LogP contribution in [-0.4, -0.2) is 30.9 Å². The summed E-state index contributed by atoms with van der Waals surface area (Å²) in [6.45, 7) is 5.63. The topological polar surface area (TPSA) is 90.9 Å². The molecule has 0 radical (unpaired) electrons. The zero-order valence-electron chi connectivity index (χ0n) is 19.8. The lowest BCUT2D eigenvalue weighted by atomic mass is 9.96. The van der Waals surface area contributed by atoms with Gasteiger partial charge in [0.25, 0.3) is 6.29 Å². The van der Waals surface area contributed by atoms with Gasteiger partial charge in [0.15, 0.2) is 0 Å². The first kappa shape index (κ1) is 27.2. The molecule has 0 saturated carbocycles. The van der Waals surface area contributed by atoms with E-state index in [9.17, 15) is 14.4 Å². The van der Waals surface area contributed by atoms with E-state index >= 15 is 0 Å². The minimum Gasteiger partial charge on any atom is -0.426 e. The lowest BCUT2D eigenvalue weighted by Crippen LogP contribution is -2.36. The quantitative estimate of drug-likeness (QED) is 0.239. The van der Waals surface area contributed by atoms with E-state index in [4.69, 9.17) is 25.8 Å². The highest BCUT2D eigenvalue weighted by Gasteiger charge is 2.24. The lowest BCUT2D eigenvalue weighted by molar-refractivity contribution is -0.175. The molecule has 2 rings (SSSR count). The number of carbonyl (C=O) groups excluding carboxylic acids is 3. The van der Waals surface area contributed by atoms with Gasteiger partial charge in [-0.1, -0.05) is 62.7 Å². The second-order valence-corrected chi connectivity index (χ2v) is 8.67. The number of halogens is 1. The Morgan fingerprint density at radius 3 is 2.26 bits per heavy atom. The first-order chi connectivity index (χ1) is 16.3. The largest absolute Gasteiger partial charge is 0.426 e. The van der Waals surface area contributed by atoms with Crippen molar-refractivity contribution in [2.75, 3.05) is 6.54 Å². The highest BCUT2D eigenvalue weighted by molar-refractivity contribution is 6.30. The smallest absolute Gasteiger partial charge is 0.410 e. The molecule has 0 fully saturated rings. The zero-order valence-corrected chi connectivity index (χ0v) is 20.5. The van der Waals surface area contributed by atoms with Gasteiger partial charge in [0, 0.05) is 23.9 Å². The Hall–Kier alpha value is -3.06. The van der Waals surface area contributed by atoms with Gasteiger partial charge in [-0.25, -0.2) is 4.79 Å². The van der Waals surface area contributed by atoms with Gasteiger partial charge in [-0.3, -0.25) is 9.59 Å². The van der Waals surface area contributed by atoms with E-state index in [2.05, 4.69) is 5.32 Å². The van der Waals surface area contributed by atoms with Gasteiger partial charge in [0.05, 0.1) is 5.92 Å². The number of carbonyl (C=O) groups is 3. The number of hydrogen-bond donors (Lipinski definition) is 1. The van der Waals surface area contributed by atoms with Gasteiger partial charge in [-0.15, -0.1) is 0 Å². The molecule has 0 heterocycles. The Morgan fingerprint density at radius 2 is 1.65 bits per heavy atom. The number of alkyl carbamates (subject to hydrolysis) is 1. The molecule has 0 saturated heterocycles. The highest BCUT2D eigenvalue weighted by Crippen LogP contribution is 2.20. The van der Waals surface area contributed by atoms with Gasteiger partial charge in [-0.2, -0.15) is 0 Å². The maximum absolute atomic E-state index is 12.9. The van der Waals surface area contributed by atoms with Crippen LogP contribution in [0.1, 0.15) is 45.6 Å². The number of hydrogen-bond acceptors (Lipinski definition) is 6. The Bertz CT molecular complexity index is 917. The molecular weight excluding hydrogens is 458 g/mol. The van der Waals surface area contributed by atoms with Crippen molar-refractivity contribution < 1.29 is 28.6 Å². The first-order valence-electron chi connectivity index (χ1n) is 11.4. The van der Waals surface area contributed by atoms with Crippen LogP contribution >= 0.6 is 11.6 Å². The minimum atomic E-state index is -0.978. The molecule has 0 aliphatic heterocycles. The van der Waals surface area contributed by atoms with Gasteiger partial charge < -0.3 is 19.5 Å². The van der Waals surface area contributed by atoms with Gasteiger partial charge in [-0.05, 0) is 49.1 Å². The fourth-order valence-electron chi connectivity index (χ4n) is 3.09. The van der Waals surface area contributed by atoms with E-state index in [1.54, 1.807) is 38.1 Å². The van der Waals surface area contributed by atoms with Crippen LogP contribution in [0.2, 0.25) is 5.02 Å². The van der Waals surface area contributed by atoms with Crippen LogP contribution < -0.4 is 10.1 Å². The summed E-state index contributed by atoms with van der Waals surface area (Å²) in [6.07, 6.45) is -0.0110. The van der Waals surface area contributed by atoms with Crippen molar-refractivity contribution in [1.82, 2.24) is 5.32 Å². The summed E-state index contributed by atoms with van der Waals surface area (Å²) in [5.41, 5.74) is 0.978. The zero-order chi connectivity index (χ0) is 24.9. The predicted octanol–water partition coefficient (Wildman–Crippen LogP) is 5.55. The summed E-state index contributed by atoms with van der Waals surface area (Å²) < 4.78 is 16.0. The summed E-state index contributed by atoms with van der Waals surface area (Å²) in [5, 5.41) is 3.18. The Kier molecular flexibility index (Phi) is 11.4. The number of amides is 1. The summed E-state index contributed by atoms with van der Waals surface area (Å²) >= 11 is 5.89. The second kappa shape index (κ2) is 14.3. The molecule has 1 N–H and O–H groups in total. The molecule has 2 unspecified atom stereocenters. The van der Waals surface area contributed by atoms with Crippen LogP contribution in [0.25, 0.3) is 0 Å². The van der Waals surface area contributed by atoms with Crippen molar-refractivity contribution in [3.63, 3.8) is 0 Å². The fourth-order valence-corrected chi connectivity index (χ4v) is 3.21. The highest BCUT2D eigenvalue weighted by atomic mass is 35.5. The van der Waals surface area contributed by atoms with Crippen molar-refractivity contribution in [2.24, 2.45) is 11.8 Å². The summed E-state index contributed by atoms with van der Waals surface area (Å²) in [5.74, 6) is -1.13. The SMILES string of the molecule is CCCC(=O)OC(OC(=O)NCCC(Cc1ccccc1)C(=O)Oc1ccc(Cl)cc1)C(C)C. The second-order valence-electron chi connectivity index (χ2n) is 8.23. The summed E-state index contributed by atoms with van der Waals surface area (Å²) in [6, 6.07) is 16.1. The van der Waals surface area contributed by atoms with Crippen molar-refractivity contribution in [3.8, 4) is 5.75 Å². The van der Waals surface area contributed by atoms with E-state index in [1.165, 1.54) is 0 Å². The number of esters is 2. The van der Waals surface area contributed by atoms with Gasteiger partial charge >= 0.3 is 18.0 Å². The molecule has 184 valence electrons. The number of rotatable bonds is 12. The fraction of sp³-hybridized carbons (Fsp3) is 0.423. The average molecular weight is 490 g/mol. The molecule has 0 aliphatic carbocycles. The number of benzene rings is 2. The molecule has 2 aromatic rings. The van der Waals surface area contributed by atoms with Gasteiger partial charge in [0.2, 0.25) is 0 Å². The van der Waals surface area contributed by atoms with E-state index in [1.807, 2.05) is 37.3 Å².